The second-order valence-corrected chi connectivity index (χ2v) is 3.77. The van der Waals surface area contributed by atoms with Crippen molar-refractivity contribution >= 4 is 11.6 Å². The summed E-state index contributed by atoms with van der Waals surface area (Å²) in [5, 5.41) is 0. The van der Waals surface area contributed by atoms with Crippen molar-refractivity contribution < 1.29 is 26.7 Å². The van der Waals surface area contributed by atoms with Crippen LogP contribution in [0.2, 0.25) is 0 Å². The minimum Gasteiger partial charge on any atom is -0.718 e. The molecule has 0 bridgehead atoms. The standard InChI is InChI=1S/C9H9O.C7H7O.Fe/c1-2-5-9(10)8-6-3-4-7-8;1-6(8)7-4-2-3-5-7;/h2-7H,1H3;2-5H,1H3;/q-1;-5;. The normalized spacial score (nSPS) is 9.37. The van der Waals surface area contributed by atoms with Crippen molar-refractivity contribution in [2.45, 2.75) is 13.8 Å². The van der Waals surface area contributed by atoms with Crippen molar-refractivity contribution in [1.82, 2.24) is 0 Å². The minimum absolute atomic E-state index is 0. The Morgan fingerprint density at radius 1 is 1.11 bits per heavy atom. The van der Waals surface area contributed by atoms with Gasteiger partial charge in [-0.15, -0.1) is 25.1 Å². The van der Waals surface area contributed by atoms with E-state index < -0.39 is 0 Å². The molecule has 0 aliphatic heterocycles. The van der Waals surface area contributed by atoms with Crippen LogP contribution in [0, 0.1) is 0 Å². The first kappa shape index (κ1) is 17.3. The van der Waals surface area contributed by atoms with Gasteiger partial charge in [-0.3, -0.25) is 5.78 Å². The van der Waals surface area contributed by atoms with Crippen molar-refractivity contribution in [2.75, 3.05) is 0 Å². The molecule has 2 aromatic rings. The van der Waals surface area contributed by atoms with Gasteiger partial charge in [0.2, 0.25) is 0 Å². The molecule has 19 heavy (non-hydrogen) atoms. The van der Waals surface area contributed by atoms with Crippen molar-refractivity contribution in [1.29, 1.82) is 0 Å². The van der Waals surface area contributed by atoms with E-state index >= 15 is 0 Å². The number of carbonyl (C=O) groups is 2. The Morgan fingerprint density at radius 2 is 1.63 bits per heavy atom. The molecule has 2 aromatic carbocycles. The molecule has 0 fully saturated rings. The number of allylic oxidation sites excluding steroid dienone is 2. The van der Waals surface area contributed by atoms with Crippen molar-refractivity contribution in [3.05, 3.63) is 71.8 Å². The van der Waals surface area contributed by atoms with Gasteiger partial charge in [-0.25, -0.2) is 0 Å². The Kier molecular flexibility index (Phi) is 8.43. The number of carbonyl (C=O) groups excluding carboxylic acids is 2. The Morgan fingerprint density at radius 3 is 2.00 bits per heavy atom. The fourth-order valence-corrected chi connectivity index (χ4v) is 1.39. The number of ketones is 2. The Bertz CT molecular complexity index is 505. The van der Waals surface area contributed by atoms with E-state index in [-0.39, 0.29) is 28.6 Å². The topological polar surface area (TPSA) is 34.1 Å². The fourth-order valence-electron chi connectivity index (χ4n) is 1.39. The molecule has 106 valence electrons. The monoisotopic (exact) mass is 296 g/mol. The van der Waals surface area contributed by atoms with Crippen LogP contribution in [0.1, 0.15) is 34.6 Å². The predicted octanol–water partition coefficient (Wildman–Crippen LogP) is 3.77. The second kappa shape index (κ2) is 9.26. The summed E-state index contributed by atoms with van der Waals surface area (Å²) in [5.41, 5.74) is 1.56. The summed E-state index contributed by atoms with van der Waals surface area (Å²) in [6, 6.07) is 14.7. The summed E-state index contributed by atoms with van der Waals surface area (Å²) in [5.74, 6) is 0.211. The van der Waals surface area contributed by atoms with E-state index in [9.17, 15) is 9.59 Å². The van der Waals surface area contributed by atoms with E-state index in [1.807, 2.05) is 55.5 Å². The van der Waals surface area contributed by atoms with Gasteiger partial charge < -0.3 is 39.4 Å². The second-order valence-electron chi connectivity index (χ2n) is 3.77. The Balaban J connectivity index is 0.000000331. The minimum atomic E-state index is 0. The third-order valence-electron chi connectivity index (χ3n) is 2.33. The van der Waals surface area contributed by atoms with Gasteiger partial charge in [0.15, 0.2) is 0 Å². The van der Waals surface area contributed by atoms with Gasteiger partial charge in [-0.2, -0.15) is 12.1 Å². The van der Waals surface area contributed by atoms with Crippen molar-refractivity contribution in [3.8, 4) is 0 Å². The molecule has 2 nitrogen and oxygen atoms in total. The smallest absolute Gasteiger partial charge is 0.105 e. The first-order chi connectivity index (χ1) is 8.65. The number of hydrogen-bond donors (Lipinski definition) is 0. The van der Waals surface area contributed by atoms with E-state index in [4.69, 9.17) is 0 Å². The maximum Gasteiger partial charge on any atom is 0.105 e. The summed E-state index contributed by atoms with van der Waals surface area (Å²) in [7, 11) is 0. The molecule has 0 unspecified atom stereocenters. The fraction of sp³-hybridized carbons (Fsp3) is 0.125. The number of hydrogen-bond acceptors (Lipinski definition) is 2. The molecule has 3 heteroatoms. The van der Waals surface area contributed by atoms with Crippen molar-refractivity contribution in [3.63, 3.8) is 0 Å². The summed E-state index contributed by atoms with van der Waals surface area (Å²) in [6.07, 6.45) is 3.31. The van der Waals surface area contributed by atoms with Crippen LogP contribution >= 0.6 is 0 Å². The molecule has 0 atom stereocenters. The molecule has 0 amide bonds. The van der Waals surface area contributed by atoms with Gasteiger partial charge in [-0.1, -0.05) is 18.6 Å². The van der Waals surface area contributed by atoms with Gasteiger partial charge in [0, 0.05) is 17.1 Å². The largest absolute Gasteiger partial charge is 0.718 e. The summed E-state index contributed by atoms with van der Waals surface area (Å²) in [4.78, 5) is 21.5. The number of Topliss-reactive ketones (excluding diaryl/α,β-unsaturated/α-hetero) is 1. The molecule has 0 saturated heterocycles. The summed E-state index contributed by atoms with van der Waals surface area (Å²) >= 11 is 0. The quantitative estimate of drug-likeness (QED) is 0.374. The van der Waals surface area contributed by atoms with Gasteiger partial charge in [0.25, 0.3) is 0 Å². The molecule has 0 aromatic heterocycles. The summed E-state index contributed by atoms with van der Waals surface area (Å²) < 4.78 is 0. The van der Waals surface area contributed by atoms with Crippen LogP contribution in [-0.4, -0.2) is 11.6 Å². The molecule has 0 N–H and O–H groups in total. The third-order valence-corrected chi connectivity index (χ3v) is 2.33. The molecule has 0 aliphatic carbocycles. The zero-order valence-electron chi connectivity index (χ0n) is 10.9. The molecule has 0 saturated carbocycles. The molecule has 0 radical (unpaired) electrons. The average molecular weight is 296 g/mol. The van der Waals surface area contributed by atoms with Crippen LogP contribution in [0.4, 0.5) is 0 Å². The SMILES string of the molecule is CC(=O)[c-]1[cH-][cH-][cH-][cH-]1.CC=CC(=O)[c-]1cccc1.[Fe]. The van der Waals surface area contributed by atoms with Crippen LogP contribution in [0.25, 0.3) is 0 Å². The first-order valence-electron chi connectivity index (χ1n) is 5.76. The maximum atomic E-state index is 11.0. The van der Waals surface area contributed by atoms with Gasteiger partial charge in [-0.05, 0) is 0 Å². The van der Waals surface area contributed by atoms with Gasteiger partial charge in [0.1, 0.15) is 5.78 Å². The van der Waals surface area contributed by atoms with E-state index in [0.29, 0.717) is 0 Å². The van der Waals surface area contributed by atoms with Gasteiger partial charge >= 0.3 is 0 Å². The third kappa shape index (κ3) is 6.14. The van der Waals surface area contributed by atoms with Crippen LogP contribution in [0.3, 0.4) is 0 Å². The van der Waals surface area contributed by atoms with Crippen LogP contribution < -0.4 is 0 Å². The van der Waals surface area contributed by atoms with E-state index in [0.717, 1.165) is 11.1 Å². The molecule has 0 heterocycles. The van der Waals surface area contributed by atoms with Crippen molar-refractivity contribution in [2.24, 2.45) is 0 Å². The Hall–Kier alpha value is -1.70. The number of rotatable bonds is 3. The van der Waals surface area contributed by atoms with Gasteiger partial charge in [0.05, 0.1) is 0 Å². The van der Waals surface area contributed by atoms with Crippen LogP contribution in [0.5, 0.6) is 0 Å². The zero-order chi connectivity index (χ0) is 13.4. The first-order valence-corrected chi connectivity index (χ1v) is 5.76. The molecular weight excluding hydrogens is 280 g/mol. The summed E-state index contributed by atoms with van der Waals surface area (Å²) in [6.45, 7) is 3.40. The molecule has 2 rings (SSSR count). The molecule has 0 aliphatic rings. The molecular formula is C16H16FeO2-6. The van der Waals surface area contributed by atoms with E-state index in [1.54, 1.807) is 19.1 Å². The zero-order valence-corrected chi connectivity index (χ0v) is 12.0. The maximum absolute atomic E-state index is 11.0. The molecule has 0 spiro atoms. The van der Waals surface area contributed by atoms with E-state index in [1.165, 1.54) is 0 Å². The predicted molar refractivity (Wildman–Crippen MR) is 73.2 cm³/mol. The average Bonchev–Trinajstić information content (AvgIpc) is 3.04. The van der Waals surface area contributed by atoms with Crippen LogP contribution in [-0.2, 0) is 17.1 Å². The van der Waals surface area contributed by atoms with Crippen LogP contribution in [0.15, 0.2) is 60.7 Å². The Labute approximate surface area is 124 Å². The van der Waals surface area contributed by atoms with E-state index in [2.05, 4.69) is 0 Å².